The van der Waals surface area contributed by atoms with Gasteiger partial charge < -0.3 is 15.1 Å². The van der Waals surface area contributed by atoms with Gasteiger partial charge in [-0.1, -0.05) is 152 Å². The van der Waals surface area contributed by atoms with Crippen LogP contribution in [-0.4, -0.2) is 15.1 Å². The summed E-state index contributed by atoms with van der Waals surface area (Å²) in [5.41, 5.74) is 9.62. The van der Waals surface area contributed by atoms with E-state index in [2.05, 4.69) is 51.1 Å². The van der Waals surface area contributed by atoms with Gasteiger partial charge >= 0.3 is 21.1 Å². The number of benzene rings is 5. The number of hydrogen-bond acceptors (Lipinski definition) is 4. The summed E-state index contributed by atoms with van der Waals surface area (Å²) >= 11 is 0. The van der Waals surface area contributed by atoms with E-state index in [4.69, 9.17) is 15.0 Å². The zero-order valence-electron chi connectivity index (χ0n) is 26.1. The molecule has 0 bridgehead atoms. The standard InChI is InChI=1S/C41H30N4O.Pt/c1-41(2,3)35-18-10-17-31(39(35)46)40-44-36-19-11-16-30(38(36)45-40)33-23-29(22-32(34(33)25-42)27-14-8-5-9-15-27)37-24-28(20-21-43-37)26-12-6-4-7-13-26;/h4-22,24H,1-3H3,(H-,44,45,46);/q-2;+2. The van der Waals surface area contributed by atoms with E-state index in [0.717, 1.165) is 44.6 Å². The molecule has 1 N–H and O–H groups in total. The molecule has 0 aliphatic heterocycles. The SMILES string of the molecule is CC(C)(C)c1cccc(-c2nc3cccc(-c4[c-]c(-c5cc(-c6ccccc6)ccn5)cc(-c5ccccc5)c4C#N)c3[n-]2)c1O.[Pt+2]. The molecule has 7 aromatic rings. The molecule has 0 fully saturated rings. The third-order valence-corrected chi connectivity index (χ3v) is 8.22. The van der Waals surface area contributed by atoms with Crippen molar-refractivity contribution >= 4 is 11.0 Å². The molecule has 0 saturated heterocycles. The van der Waals surface area contributed by atoms with Crippen LogP contribution in [0.15, 0.2) is 121 Å². The van der Waals surface area contributed by atoms with Gasteiger partial charge in [0.05, 0.1) is 6.07 Å². The van der Waals surface area contributed by atoms with Crippen molar-refractivity contribution < 1.29 is 26.2 Å². The fourth-order valence-corrected chi connectivity index (χ4v) is 5.91. The zero-order chi connectivity index (χ0) is 31.8. The molecule has 5 aromatic carbocycles. The van der Waals surface area contributed by atoms with Gasteiger partial charge in [0.25, 0.3) is 0 Å². The topological polar surface area (TPSA) is 83.9 Å². The van der Waals surface area contributed by atoms with E-state index in [1.165, 1.54) is 0 Å². The van der Waals surface area contributed by atoms with Gasteiger partial charge in [0, 0.05) is 17.5 Å². The number of para-hydroxylation sites is 2. The van der Waals surface area contributed by atoms with Crippen molar-refractivity contribution in [3.05, 3.63) is 139 Å². The number of fused-ring (bicyclic) bond motifs is 1. The number of nitrogens with zero attached hydrogens (tertiary/aromatic N) is 4. The maximum absolute atomic E-state index is 11.3. The third-order valence-electron chi connectivity index (χ3n) is 8.22. The van der Waals surface area contributed by atoms with E-state index in [1.54, 1.807) is 6.20 Å². The Morgan fingerprint density at radius 1 is 0.745 bits per heavy atom. The second-order valence-electron chi connectivity index (χ2n) is 12.3. The number of pyridine rings is 1. The van der Waals surface area contributed by atoms with Crippen LogP contribution < -0.4 is 4.98 Å². The largest absolute Gasteiger partial charge is 2.00 e. The number of aromatic nitrogens is 3. The molecule has 5 nitrogen and oxygen atoms in total. The minimum atomic E-state index is -0.256. The molecule has 7 rings (SSSR count). The van der Waals surface area contributed by atoms with Gasteiger partial charge in [-0.15, -0.1) is 12.1 Å². The minimum Gasteiger partial charge on any atom is -0.507 e. The van der Waals surface area contributed by atoms with Gasteiger partial charge in [-0.25, -0.2) is 5.26 Å². The summed E-state index contributed by atoms with van der Waals surface area (Å²) in [5, 5.41) is 21.9. The van der Waals surface area contributed by atoms with E-state index in [9.17, 15) is 10.4 Å². The number of nitriles is 1. The fraction of sp³-hybridized carbons (Fsp3) is 0.0976. The number of aromatic hydroxyl groups is 1. The van der Waals surface area contributed by atoms with Crippen molar-refractivity contribution in [2.24, 2.45) is 0 Å². The Balaban J connectivity index is 0.00000386. The molecule has 230 valence electrons. The summed E-state index contributed by atoms with van der Waals surface area (Å²) < 4.78 is 0. The van der Waals surface area contributed by atoms with E-state index >= 15 is 0 Å². The van der Waals surface area contributed by atoms with Crippen LogP contribution in [0.3, 0.4) is 0 Å². The Bertz CT molecular complexity index is 2260. The fourth-order valence-electron chi connectivity index (χ4n) is 5.91. The maximum Gasteiger partial charge on any atom is 2.00 e. The summed E-state index contributed by atoms with van der Waals surface area (Å²) in [6, 6.07) is 43.6. The van der Waals surface area contributed by atoms with E-state index < -0.39 is 0 Å². The Labute approximate surface area is 288 Å². The Kier molecular flexibility index (Phi) is 8.65. The number of phenols is 1. The van der Waals surface area contributed by atoms with Crippen molar-refractivity contribution in [2.75, 3.05) is 0 Å². The van der Waals surface area contributed by atoms with Crippen molar-refractivity contribution in [3.8, 4) is 67.8 Å². The molecular formula is C41H30N4OPt. The molecule has 0 unspecified atom stereocenters. The second kappa shape index (κ2) is 12.8. The molecule has 2 aromatic heterocycles. The van der Waals surface area contributed by atoms with Crippen LogP contribution in [0.25, 0.3) is 67.1 Å². The monoisotopic (exact) mass is 789 g/mol. The van der Waals surface area contributed by atoms with Crippen molar-refractivity contribution in [3.63, 3.8) is 0 Å². The number of rotatable bonds is 5. The van der Waals surface area contributed by atoms with Crippen LogP contribution in [0, 0.1) is 17.4 Å². The molecule has 0 saturated carbocycles. The molecular weight excluding hydrogens is 760 g/mol. The first kappa shape index (κ1) is 31.7. The molecule has 0 atom stereocenters. The minimum absolute atomic E-state index is 0. The van der Waals surface area contributed by atoms with Crippen molar-refractivity contribution in [2.45, 2.75) is 26.2 Å². The number of hydrogen-bond donors (Lipinski definition) is 1. The maximum atomic E-state index is 11.3. The van der Waals surface area contributed by atoms with Crippen molar-refractivity contribution in [1.29, 1.82) is 5.26 Å². The molecule has 0 aliphatic carbocycles. The summed E-state index contributed by atoms with van der Waals surface area (Å²) in [6.07, 6.45) is 1.80. The quantitative estimate of drug-likeness (QED) is 0.176. The average Bonchev–Trinajstić information content (AvgIpc) is 3.52. The molecule has 2 heterocycles. The van der Waals surface area contributed by atoms with Gasteiger partial charge in [0.2, 0.25) is 0 Å². The summed E-state index contributed by atoms with van der Waals surface area (Å²) in [4.78, 5) is 14.5. The summed E-state index contributed by atoms with van der Waals surface area (Å²) in [5.74, 6) is 0.607. The van der Waals surface area contributed by atoms with Crippen LogP contribution in [0.4, 0.5) is 0 Å². The first-order chi connectivity index (χ1) is 22.3. The van der Waals surface area contributed by atoms with E-state index in [-0.39, 0.29) is 32.2 Å². The van der Waals surface area contributed by atoms with Gasteiger partial charge in [0.1, 0.15) is 5.75 Å². The first-order valence-corrected chi connectivity index (χ1v) is 15.2. The molecule has 0 aliphatic rings. The predicted octanol–water partition coefficient (Wildman–Crippen LogP) is 9.59. The normalized spacial score (nSPS) is 11.2. The molecule has 0 radical (unpaired) electrons. The summed E-state index contributed by atoms with van der Waals surface area (Å²) in [6.45, 7) is 6.19. The van der Waals surface area contributed by atoms with Crippen LogP contribution in [0.1, 0.15) is 31.9 Å². The van der Waals surface area contributed by atoms with Crippen LogP contribution in [0.2, 0.25) is 0 Å². The number of phenolic OH excluding ortho intramolecular Hbond substituents is 1. The second-order valence-corrected chi connectivity index (χ2v) is 12.3. The smallest absolute Gasteiger partial charge is 0.507 e. The summed E-state index contributed by atoms with van der Waals surface area (Å²) in [7, 11) is 0. The average molecular weight is 790 g/mol. The molecule has 6 heteroatoms. The van der Waals surface area contributed by atoms with Gasteiger partial charge in [-0.3, -0.25) is 4.98 Å². The Hall–Kier alpha value is -5.30. The molecule has 0 amide bonds. The molecule has 0 spiro atoms. The van der Waals surface area contributed by atoms with Gasteiger partial charge in [0.15, 0.2) is 0 Å². The van der Waals surface area contributed by atoms with Gasteiger partial charge in [-0.05, 0) is 50.6 Å². The number of imidazole rings is 1. The zero-order valence-corrected chi connectivity index (χ0v) is 28.4. The molecule has 47 heavy (non-hydrogen) atoms. The van der Waals surface area contributed by atoms with Crippen LogP contribution in [-0.2, 0) is 26.5 Å². The Morgan fingerprint density at radius 2 is 1.43 bits per heavy atom. The predicted molar refractivity (Wildman–Crippen MR) is 184 cm³/mol. The third kappa shape index (κ3) is 6.01. The van der Waals surface area contributed by atoms with Crippen LogP contribution in [0.5, 0.6) is 5.75 Å². The Morgan fingerprint density at radius 3 is 2.13 bits per heavy atom. The van der Waals surface area contributed by atoms with E-state index in [0.29, 0.717) is 33.5 Å². The van der Waals surface area contributed by atoms with Crippen LogP contribution >= 0.6 is 0 Å². The van der Waals surface area contributed by atoms with E-state index in [1.807, 2.05) is 97.1 Å². The van der Waals surface area contributed by atoms with Gasteiger partial charge in [-0.2, -0.15) is 0 Å². The van der Waals surface area contributed by atoms with Crippen molar-refractivity contribution in [1.82, 2.24) is 15.0 Å². The first-order valence-electron chi connectivity index (χ1n) is 15.2.